The van der Waals surface area contributed by atoms with E-state index in [1.165, 1.54) is 4.80 Å². The fourth-order valence-corrected chi connectivity index (χ4v) is 3.82. The van der Waals surface area contributed by atoms with Gasteiger partial charge in [0.1, 0.15) is 0 Å². The van der Waals surface area contributed by atoms with Gasteiger partial charge in [-0.25, -0.2) is 0 Å². The summed E-state index contributed by atoms with van der Waals surface area (Å²) in [6.45, 7) is 0.229. The molecule has 4 aromatic carbocycles. The van der Waals surface area contributed by atoms with E-state index >= 15 is 0 Å². The van der Waals surface area contributed by atoms with Crippen molar-refractivity contribution < 1.29 is 9.59 Å². The molecule has 0 bridgehead atoms. The number of amides is 2. The summed E-state index contributed by atoms with van der Waals surface area (Å²) in [4.78, 5) is 26.6. The van der Waals surface area contributed by atoms with Crippen molar-refractivity contribution in [2.45, 2.75) is 6.54 Å². The molecule has 5 aromatic rings. The second-order valence-electron chi connectivity index (χ2n) is 8.14. The van der Waals surface area contributed by atoms with Crippen molar-refractivity contribution >= 4 is 39.8 Å². The van der Waals surface area contributed by atoms with Crippen molar-refractivity contribution in [3.05, 3.63) is 108 Å². The average Bonchev–Trinajstić information content (AvgIpc) is 3.30. The summed E-state index contributed by atoms with van der Waals surface area (Å²) >= 11 is 0. The predicted octanol–water partition coefficient (Wildman–Crippen LogP) is 3.77. The first kappa shape index (κ1) is 22.6. The number of aromatic nitrogens is 3. The van der Waals surface area contributed by atoms with Crippen LogP contribution in [0.5, 0.6) is 0 Å². The molecule has 1 heterocycles. The molecule has 0 aliphatic heterocycles. The van der Waals surface area contributed by atoms with Gasteiger partial charge in [0.25, 0.3) is 11.8 Å². The standard InChI is InChI=1S/C27H23N7O2/c28-21-9-3-4-10-22(21)31-26(35)19-14-12-17(13-15-19)16-30-27(36)24-25(29)33-34(32-24)23-11-5-7-18-6-1-2-8-20(18)23/h1-15H,16,28H2,(H2,29,33)(H,30,36)(H,31,35). The SMILES string of the molecule is Nc1ccccc1NC(=O)c1ccc(CNC(=O)c2nn(-c3cccc4ccccc34)nc2N)cc1. The zero-order valence-electron chi connectivity index (χ0n) is 19.2. The fourth-order valence-electron chi connectivity index (χ4n) is 3.82. The van der Waals surface area contributed by atoms with Crippen molar-refractivity contribution in [1.82, 2.24) is 20.3 Å². The van der Waals surface area contributed by atoms with Crippen LogP contribution in [0.2, 0.25) is 0 Å². The van der Waals surface area contributed by atoms with E-state index < -0.39 is 5.91 Å². The average molecular weight is 478 g/mol. The molecule has 6 N–H and O–H groups in total. The molecule has 0 saturated heterocycles. The zero-order valence-corrected chi connectivity index (χ0v) is 19.2. The van der Waals surface area contributed by atoms with Crippen molar-refractivity contribution in [2.24, 2.45) is 0 Å². The number of nitrogen functional groups attached to an aromatic ring is 2. The van der Waals surface area contributed by atoms with Crippen LogP contribution in [-0.2, 0) is 6.54 Å². The lowest BCUT2D eigenvalue weighted by Gasteiger charge is -2.09. The molecule has 178 valence electrons. The van der Waals surface area contributed by atoms with Gasteiger partial charge in [-0.3, -0.25) is 9.59 Å². The Morgan fingerprint density at radius 2 is 1.50 bits per heavy atom. The van der Waals surface area contributed by atoms with Crippen LogP contribution >= 0.6 is 0 Å². The first-order valence-corrected chi connectivity index (χ1v) is 11.2. The number of nitrogens with zero attached hydrogens (tertiary/aromatic N) is 3. The van der Waals surface area contributed by atoms with Crippen LogP contribution in [0.4, 0.5) is 17.2 Å². The van der Waals surface area contributed by atoms with E-state index in [2.05, 4.69) is 20.8 Å². The third-order valence-corrected chi connectivity index (χ3v) is 5.72. The molecule has 5 rings (SSSR count). The van der Waals surface area contributed by atoms with Gasteiger partial charge in [-0.05, 0) is 41.3 Å². The first-order valence-electron chi connectivity index (χ1n) is 11.2. The maximum Gasteiger partial charge on any atom is 0.275 e. The minimum Gasteiger partial charge on any atom is -0.397 e. The van der Waals surface area contributed by atoms with Crippen LogP contribution in [0, 0.1) is 0 Å². The Morgan fingerprint density at radius 1 is 0.778 bits per heavy atom. The summed E-state index contributed by atoms with van der Waals surface area (Å²) in [5.74, 6) is -0.686. The Morgan fingerprint density at radius 3 is 2.31 bits per heavy atom. The minimum atomic E-state index is -0.444. The summed E-state index contributed by atoms with van der Waals surface area (Å²) < 4.78 is 0. The second-order valence-corrected chi connectivity index (χ2v) is 8.14. The molecule has 0 spiro atoms. The molecule has 9 heteroatoms. The largest absolute Gasteiger partial charge is 0.397 e. The lowest BCUT2D eigenvalue weighted by Crippen LogP contribution is -2.24. The van der Waals surface area contributed by atoms with Gasteiger partial charge in [0.05, 0.1) is 17.1 Å². The molecule has 36 heavy (non-hydrogen) atoms. The monoisotopic (exact) mass is 477 g/mol. The van der Waals surface area contributed by atoms with E-state index in [-0.39, 0.29) is 24.0 Å². The lowest BCUT2D eigenvalue weighted by molar-refractivity contribution is 0.0945. The molecule has 0 unspecified atom stereocenters. The highest BCUT2D eigenvalue weighted by atomic mass is 16.2. The van der Waals surface area contributed by atoms with Crippen LogP contribution in [0.1, 0.15) is 26.4 Å². The predicted molar refractivity (Wildman–Crippen MR) is 140 cm³/mol. The van der Waals surface area contributed by atoms with Gasteiger partial charge in [-0.1, -0.05) is 60.7 Å². The second kappa shape index (κ2) is 9.59. The molecule has 0 fully saturated rings. The van der Waals surface area contributed by atoms with Crippen molar-refractivity contribution in [1.29, 1.82) is 0 Å². The third kappa shape index (κ3) is 4.58. The highest BCUT2D eigenvalue weighted by Gasteiger charge is 2.18. The zero-order chi connectivity index (χ0) is 25.1. The Hall–Kier alpha value is -5.18. The number of anilines is 3. The van der Waals surface area contributed by atoms with Gasteiger partial charge in [-0.2, -0.15) is 0 Å². The van der Waals surface area contributed by atoms with Crippen molar-refractivity contribution in [3.8, 4) is 5.69 Å². The van der Waals surface area contributed by atoms with Crippen LogP contribution in [0.15, 0.2) is 91.0 Å². The molecule has 0 atom stereocenters. The summed E-state index contributed by atoms with van der Waals surface area (Å²) in [6, 6.07) is 27.5. The molecule has 0 radical (unpaired) electrons. The number of nitrogens with two attached hydrogens (primary N) is 2. The van der Waals surface area contributed by atoms with Crippen LogP contribution in [-0.4, -0.2) is 26.8 Å². The summed E-state index contributed by atoms with van der Waals surface area (Å²) in [7, 11) is 0. The van der Waals surface area contributed by atoms with Gasteiger partial charge in [0.2, 0.25) is 0 Å². The van der Waals surface area contributed by atoms with E-state index in [1.54, 1.807) is 48.5 Å². The van der Waals surface area contributed by atoms with Gasteiger partial charge in [0, 0.05) is 17.5 Å². The molecule has 1 aromatic heterocycles. The van der Waals surface area contributed by atoms with Crippen LogP contribution in [0.3, 0.4) is 0 Å². The number of fused-ring (bicyclic) bond motifs is 1. The van der Waals surface area contributed by atoms with E-state index in [9.17, 15) is 9.59 Å². The highest BCUT2D eigenvalue weighted by Crippen LogP contribution is 2.22. The van der Waals surface area contributed by atoms with Crippen molar-refractivity contribution in [3.63, 3.8) is 0 Å². The molecular weight excluding hydrogens is 454 g/mol. The van der Waals surface area contributed by atoms with E-state index in [0.29, 0.717) is 16.9 Å². The van der Waals surface area contributed by atoms with Gasteiger partial charge in [-0.15, -0.1) is 15.0 Å². The Bertz CT molecular complexity index is 1570. The number of carbonyl (C=O) groups is 2. The quantitative estimate of drug-likeness (QED) is 0.274. The molecule has 0 saturated carbocycles. The number of hydrogen-bond acceptors (Lipinski definition) is 6. The minimum absolute atomic E-state index is 0.0349. The van der Waals surface area contributed by atoms with E-state index in [1.807, 2.05) is 42.5 Å². The van der Waals surface area contributed by atoms with Gasteiger partial charge < -0.3 is 22.1 Å². The Balaban J connectivity index is 1.25. The summed E-state index contributed by atoms with van der Waals surface area (Å²) in [5, 5.41) is 16.1. The molecule has 9 nitrogen and oxygen atoms in total. The van der Waals surface area contributed by atoms with E-state index in [0.717, 1.165) is 22.0 Å². The summed E-state index contributed by atoms with van der Waals surface area (Å²) in [5.41, 5.74) is 15.0. The van der Waals surface area contributed by atoms with E-state index in [4.69, 9.17) is 11.5 Å². The fraction of sp³-hybridized carbons (Fsp3) is 0.0370. The maximum atomic E-state index is 12.8. The van der Waals surface area contributed by atoms with Crippen molar-refractivity contribution in [2.75, 3.05) is 16.8 Å². The highest BCUT2D eigenvalue weighted by molar-refractivity contribution is 6.05. The van der Waals surface area contributed by atoms with Crippen LogP contribution in [0.25, 0.3) is 16.5 Å². The normalized spacial score (nSPS) is 10.8. The number of para-hydroxylation sites is 2. The molecular formula is C27H23N7O2. The lowest BCUT2D eigenvalue weighted by atomic mass is 10.1. The molecule has 0 aliphatic rings. The molecule has 2 amide bonds. The maximum absolute atomic E-state index is 12.8. The van der Waals surface area contributed by atoms with Gasteiger partial charge >= 0.3 is 0 Å². The number of rotatable bonds is 6. The third-order valence-electron chi connectivity index (χ3n) is 5.72. The first-order chi connectivity index (χ1) is 17.5. The Kier molecular flexibility index (Phi) is 6.02. The van der Waals surface area contributed by atoms with Crippen LogP contribution < -0.4 is 22.1 Å². The topological polar surface area (TPSA) is 141 Å². The number of hydrogen-bond donors (Lipinski definition) is 4. The number of carbonyl (C=O) groups excluding carboxylic acids is 2. The molecule has 0 aliphatic carbocycles. The Labute approximate surface area is 206 Å². The smallest absolute Gasteiger partial charge is 0.275 e. The number of nitrogens with one attached hydrogen (secondary N) is 2. The number of benzene rings is 4. The summed E-state index contributed by atoms with van der Waals surface area (Å²) in [6.07, 6.45) is 0. The van der Waals surface area contributed by atoms with Gasteiger partial charge in [0.15, 0.2) is 11.5 Å².